The van der Waals surface area contributed by atoms with E-state index in [-0.39, 0.29) is 5.78 Å². The molecule has 2 heterocycles. The van der Waals surface area contributed by atoms with Gasteiger partial charge in [0.1, 0.15) is 0 Å². The molecule has 4 heteroatoms. The van der Waals surface area contributed by atoms with Crippen LogP contribution in [0.1, 0.15) is 16.2 Å². The minimum Gasteiger partial charge on any atom is -0.332 e. The molecule has 0 amide bonds. The minimum absolute atomic E-state index is 0.00972. The van der Waals surface area contributed by atoms with E-state index in [0.29, 0.717) is 12.2 Å². The topological polar surface area (TPSA) is 47.8 Å². The van der Waals surface area contributed by atoms with Gasteiger partial charge in [0.2, 0.25) is 5.78 Å². The molecule has 2 aromatic heterocycles. The van der Waals surface area contributed by atoms with Crippen LogP contribution >= 0.6 is 0 Å². The van der Waals surface area contributed by atoms with Crippen LogP contribution in [0.2, 0.25) is 0 Å². The number of nitrogens with zero attached hydrogens (tertiary/aromatic N) is 3. The lowest BCUT2D eigenvalue weighted by atomic mass is 10.1. The summed E-state index contributed by atoms with van der Waals surface area (Å²) in [6.45, 7) is 0. The average molecular weight is 201 g/mol. The van der Waals surface area contributed by atoms with Crippen LogP contribution < -0.4 is 0 Å². The van der Waals surface area contributed by atoms with Gasteiger partial charge in [0.05, 0.1) is 0 Å². The number of imidazole rings is 1. The summed E-state index contributed by atoms with van der Waals surface area (Å²) in [6.07, 6.45) is 7.11. The SMILES string of the molecule is Cn1ccnc1C(=O)Cc1cccnc1. The van der Waals surface area contributed by atoms with Crippen molar-refractivity contribution < 1.29 is 4.79 Å². The minimum atomic E-state index is 0.00972. The second-order valence-electron chi connectivity index (χ2n) is 3.32. The van der Waals surface area contributed by atoms with Crippen LogP contribution in [0.25, 0.3) is 0 Å². The third kappa shape index (κ3) is 2.10. The number of pyridine rings is 1. The van der Waals surface area contributed by atoms with Crippen LogP contribution in [0.3, 0.4) is 0 Å². The van der Waals surface area contributed by atoms with Gasteiger partial charge in [0.15, 0.2) is 5.82 Å². The molecule has 76 valence electrons. The predicted molar refractivity (Wildman–Crippen MR) is 55.5 cm³/mol. The quantitative estimate of drug-likeness (QED) is 0.702. The second-order valence-corrected chi connectivity index (χ2v) is 3.32. The maximum Gasteiger partial charge on any atom is 0.202 e. The van der Waals surface area contributed by atoms with Crippen molar-refractivity contribution >= 4 is 5.78 Å². The van der Waals surface area contributed by atoms with Gasteiger partial charge in [-0.15, -0.1) is 0 Å². The summed E-state index contributed by atoms with van der Waals surface area (Å²) in [4.78, 5) is 19.8. The predicted octanol–water partition coefficient (Wildman–Crippen LogP) is 1.24. The number of rotatable bonds is 3. The Morgan fingerprint density at radius 1 is 1.47 bits per heavy atom. The second kappa shape index (κ2) is 4.04. The smallest absolute Gasteiger partial charge is 0.202 e. The summed E-state index contributed by atoms with van der Waals surface area (Å²) >= 11 is 0. The first-order valence-corrected chi connectivity index (χ1v) is 4.67. The number of Topliss-reactive ketones (excluding diaryl/α,β-unsaturated/α-hetero) is 1. The van der Waals surface area contributed by atoms with Gasteiger partial charge in [-0.25, -0.2) is 4.98 Å². The van der Waals surface area contributed by atoms with Gasteiger partial charge < -0.3 is 4.57 Å². The third-order valence-corrected chi connectivity index (χ3v) is 2.16. The molecule has 15 heavy (non-hydrogen) atoms. The van der Waals surface area contributed by atoms with Crippen LogP contribution in [0, 0.1) is 0 Å². The van der Waals surface area contributed by atoms with Gasteiger partial charge in [0.25, 0.3) is 0 Å². The van der Waals surface area contributed by atoms with Gasteiger partial charge in [-0.1, -0.05) is 6.07 Å². The summed E-state index contributed by atoms with van der Waals surface area (Å²) < 4.78 is 1.72. The Labute approximate surface area is 87.6 Å². The number of ketones is 1. The highest BCUT2D eigenvalue weighted by molar-refractivity contribution is 5.94. The lowest BCUT2D eigenvalue weighted by Gasteiger charge is -2.00. The van der Waals surface area contributed by atoms with Gasteiger partial charge in [-0.05, 0) is 11.6 Å². The fourth-order valence-electron chi connectivity index (χ4n) is 1.40. The van der Waals surface area contributed by atoms with Crippen molar-refractivity contribution in [2.24, 2.45) is 7.05 Å². The zero-order valence-electron chi connectivity index (χ0n) is 8.42. The van der Waals surface area contributed by atoms with Crippen LogP contribution in [0.5, 0.6) is 0 Å². The van der Waals surface area contributed by atoms with Gasteiger partial charge in [0, 0.05) is 38.3 Å². The molecule has 0 aliphatic heterocycles. The maximum absolute atomic E-state index is 11.8. The molecule has 0 saturated carbocycles. The molecule has 0 unspecified atom stereocenters. The highest BCUT2D eigenvalue weighted by Crippen LogP contribution is 2.03. The van der Waals surface area contributed by atoms with Crippen molar-refractivity contribution in [2.75, 3.05) is 0 Å². The molecule has 2 rings (SSSR count). The number of carbonyl (C=O) groups is 1. The van der Waals surface area contributed by atoms with E-state index in [1.807, 2.05) is 19.2 Å². The van der Waals surface area contributed by atoms with Crippen molar-refractivity contribution in [3.63, 3.8) is 0 Å². The standard InChI is InChI=1S/C11H11N3O/c1-14-6-5-13-11(14)10(15)7-9-3-2-4-12-8-9/h2-6,8H,7H2,1H3. The molecule has 4 nitrogen and oxygen atoms in total. The third-order valence-electron chi connectivity index (χ3n) is 2.16. The summed E-state index contributed by atoms with van der Waals surface area (Å²) in [5.41, 5.74) is 0.908. The van der Waals surface area contributed by atoms with E-state index < -0.39 is 0 Å². The largest absolute Gasteiger partial charge is 0.332 e. The van der Waals surface area contributed by atoms with E-state index in [1.165, 1.54) is 0 Å². The Kier molecular flexibility index (Phi) is 2.58. The summed E-state index contributed by atoms with van der Waals surface area (Å²) in [7, 11) is 1.81. The van der Waals surface area contributed by atoms with E-state index in [0.717, 1.165) is 5.56 Å². The molecule has 0 fully saturated rings. The van der Waals surface area contributed by atoms with E-state index in [4.69, 9.17) is 0 Å². The van der Waals surface area contributed by atoms with Crippen molar-refractivity contribution in [1.82, 2.24) is 14.5 Å². The molecule has 0 aliphatic rings. The number of aromatic nitrogens is 3. The molecular formula is C11H11N3O. The molecule has 0 aliphatic carbocycles. The fourth-order valence-corrected chi connectivity index (χ4v) is 1.40. The van der Waals surface area contributed by atoms with E-state index in [1.54, 1.807) is 29.4 Å². The Hall–Kier alpha value is -1.97. The first-order valence-electron chi connectivity index (χ1n) is 4.67. The van der Waals surface area contributed by atoms with Gasteiger partial charge >= 0.3 is 0 Å². The number of aryl methyl sites for hydroxylation is 1. The molecule has 0 saturated heterocycles. The van der Waals surface area contributed by atoms with Crippen molar-refractivity contribution in [1.29, 1.82) is 0 Å². The van der Waals surface area contributed by atoms with Crippen LogP contribution in [0.4, 0.5) is 0 Å². The average Bonchev–Trinajstić information content (AvgIpc) is 2.66. The lowest BCUT2D eigenvalue weighted by Crippen LogP contribution is -2.10. The Morgan fingerprint density at radius 3 is 2.93 bits per heavy atom. The molecule has 0 aromatic carbocycles. The summed E-state index contributed by atoms with van der Waals surface area (Å²) in [5, 5.41) is 0. The Morgan fingerprint density at radius 2 is 2.33 bits per heavy atom. The van der Waals surface area contributed by atoms with Crippen molar-refractivity contribution in [3.05, 3.63) is 48.3 Å². The van der Waals surface area contributed by atoms with Gasteiger partial charge in [-0.2, -0.15) is 0 Å². The van der Waals surface area contributed by atoms with Crippen molar-refractivity contribution in [3.8, 4) is 0 Å². The lowest BCUT2D eigenvalue weighted by molar-refractivity contribution is 0.0980. The van der Waals surface area contributed by atoms with Gasteiger partial charge in [-0.3, -0.25) is 9.78 Å². The molecule has 0 bridgehead atoms. The summed E-state index contributed by atoms with van der Waals surface area (Å²) in [6, 6.07) is 3.70. The van der Waals surface area contributed by atoms with Crippen LogP contribution in [0.15, 0.2) is 36.9 Å². The Bertz CT molecular complexity index is 462. The molecule has 2 aromatic rings. The monoisotopic (exact) mass is 201 g/mol. The molecule has 0 spiro atoms. The highest BCUT2D eigenvalue weighted by atomic mass is 16.1. The maximum atomic E-state index is 11.8. The molecule has 0 radical (unpaired) electrons. The van der Waals surface area contributed by atoms with E-state index >= 15 is 0 Å². The number of carbonyl (C=O) groups excluding carboxylic acids is 1. The first kappa shape index (κ1) is 9.58. The zero-order valence-corrected chi connectivity index (χ0v) is 8.42. The first-order chi connectivity index (χ1) is 7.27. The summed E-state index contributed by atoms with van der Waals surface area (Å²) in [5.74, 6) is 0.495. The van der Waals surface area contributed by atoms with E-state index in [2.05, 4.69) is 9.97 Å². The normalized spacial score (nSPS) is 10.2. The fraction of sp³-hybridized carbons (Fsp3) is 0.182. The zero-order chi connectivity index (χ0) is 10.7. The number of hydrogen-bond acceptors (Lipinski definition) is 3. The molecule has 0 atom stereocenters. The van der Waals surface area contributed by atoms with E-state index in [9.17, 15) is 4.79 Å². The Balaban J connectivity index is 2.15. The molecular weight excluding hydrogens is 190 g/mol. The van der Waals surface area contributed by atoms with Crippen molar-refractivity contribution in [2.45, 2.75) is 6.42 Å². The number of hydrogen-bond donors (Lipinski definition) is 0. The van der Waals surface area contributed by atoms with Crippen LogP contribution in [-0.4, -0.2) is 20.3 Å². The molecule has 0 N–H and O–H groups in total. The van der Waals surface area contributed by atoms with Crippen LogP contribution in [-0.2, 0) is 13.5 Å². The highest BCUT2D eigenvalue weighted by Gasteiger charge is 2.11.